The average molecular weight is 222 g/mol. The molecule has 16 heavy (non-hydrogen) atoms. The second-order valence-corrected chi connectivity index (χ2v) is 4.67. The monoisotopic (exact) mass is 222 g/mol. The fraction of sp³-hybridized carbons (Fsp3) is 0.857. The third kappa shape index (κ3) is 5.53. The summed E-state index contributed by atoms with van der Waals surface area (Å²) in [5.74, 6) is 7.06. The van der Waals surface area contributed by atoms with E-state index in [1.54, 1.807) is 0 Å². The first kappa shape index (κ1) is 13.5. The number of nitrogens with zero attached hydrogens (tertiary/aromatic N) is 1. The molecule has 2 heteroatoms. The van der Waals surface area contributed by atoms with Crippen LogP contribution < -0.4 is 5.32 Å². The van der Waals surface area contributed by atoms with Gasteiger partial charge in [-0.25, -0.2) is 0 Å². The maximum Gasteiger partial charge on any atom is 0.0216 e. The SMILES string of the molecule is CC#CCCN(CCC)CC1CCNCC1. The zero-order valence-corrected chi connectivity index (χ0v) is 10.9. The molecule has 0 spiro atoms. The van der Waals surface area contributed by atoms with Crippen molar-refractivity contribution in [1.29, 1.82) is 0 Å². The molecule has 1 N–H and O–H groups in total. The van der Waals surface area contributed by atoms with Crippen LogP contribution in [0.4, 0.5) is 0 Å². The molecule has 0 atom stereocenters. The first-order valence-corrected chi connectivity index (χ1v) is 6.69. The highest BCUT2D eigenvalue weighted by Crippen LogP contribution is 2.13. The maximum atomic E-state index is 3.43. The molecule has 2 nitrogen and oxygen atoms in total. The van der Waals surface area contributed by atoms with Crippen molar-refractivity contribution in [3.63, 3.8) is 0 Å². The quantitative estimate of drug-likeness (QED) is 0.693. The number of rotatable bonds is 6. The summed E-state index contributed by atoms with van der Waals surface area (Å²) in [5, 5.41) is 3.43. The molecule has 1 saturated heterocycles. The molecule has 0 aliphatic carbocycles. The van der Waals surface area contributed by atoms with E-state index in [9.17, 15) is 0 Å². The number of hydrogen-bond acceptors (Lipinski definition) is 2. The van der Waals surface area contributed by atoms with Crippen LogP contribution in [0.3, 0.4) is 0 Å². The van der Waals surface area contributed by atoms with Gasteiger partial charge in [0.25, 0.3) is 0 Å². The molecule has 0 radical (unpaired) electrons. The largest absolute Gasteiger partial charge is 0.317 e. The minimum absolute atomic E-state index is 0.905. The third-order valence-corrected chi connectivity index (χ3v) is 3.24. The average Bonchev–Trinajstić information content (AvgIpc) is 2.31. The smallest absolute Gasteiger partial charge is 0.0216 e. The highest BCUT2D eigenvalue weighted by molar-refractivity contribution is 4.95. The van der Waals surface area contributed by atoms with Crippen LogP contribution in [0.2, 0.25) is 0 Å². The molecular formula is C14H26N2. The normalized spacial score (nSPS) is 17.2. The van der Waals surface area contributed by atoms with Crippen LogP contribution in [-0.4, -0.2) is 37.6 Å². The van der Waals surface area contributed by atoms with E-state index in [2.05, 4.69) is 29.0 Å². The second kappa shape index (κ2) is 8.61. The summed E-state index contributed by atoms with van der Waals surface area (Å²) < 4.78 is 0. The van der Waals surface area contributed by atoms with Crippen LogP contribution in [-0.2, 0) is 0 Å². The summed E-state index contributed by atoms with van der Waals surface area (Å²) in [5.41, 5.74) is 0. The Morgan fingerprint density at radius 1 is 1.25 bits per heavy atom. The fourth-order valence-electron chi connectivity index (χ4n) is 2.38. The molecule has 1 aliphatic heterocycles. The van der Waals surface area contributed by atoms with E-state index < -0.39 is 0 Å². The summed E-state index contributed by atoms with van der Waals surface area (Å²) in [4.78, 5) is 2.60. The highest BCUT2D eigenvalue weighted by atomic mass is 15.1. The number of nitrogens with one attached hydrogen (secondary N) is 1. The molecule has 1 rings (SSSR count). The van der Waals surface area contributed by atoms with Gasteiger partial charge in [-0.1, -0.05) is 6.92 Å². The molecule has 1 fully saturated rings. The van der Waals surface area contributed by atoms with Crippen LogP contribution in [0.5, 0.6) is 0 Å². The molecule has 1 aliphatic rings. The number of hydrogen-bond donors (Lipinski definition) is 1. The van der Waals surface area contributed by atoms with Crippen molar-refractivity contribution >= 4 is 0 Å². The van der Waals surface area contributed by atoms with Gasteiger partial charge in [0.05, 0.1) is 0 Å². The first-order valence-electron chi connectivity index (χ1n) is 6.69. The van der Waals surface area contributed by atoms with E-state index in [1.807, 2.05) is 6.92 Å². The summed E-state index contributed by atoms with van der Waals surface area (Å²) in [6, 6.07) is 0. The molecule has 0 amide bonds. The molecule has 0 unspecified atom stereocenters. The van der Waals surface area contributed by atoms with Gasteiger partial charge < -0.3 is 10.2 Å². The lowest BCUT2D eigenvalue weighted by Crippen LogP contribution is -2.37. The van der Waals surface area contributed by atoms with Crippen LogP contribution in [0.15, 0.2) is 0 Å². The Bertz CT molecular complexity index is 221. The van der Waals surface area contributed by atoms with Gasteiger partial charge in [0, 0.05) is 19.5 Å². The molecule has 0 aromatic rings. The molecular weight excluding hydrogens is 196 g/mol. The molecule has 0 aromatic heterocycles. The fourth-order valence-corrected chi connectivity index (χ4v) is 2.38. The maximum absolute atomic E-state index is 3.43. The molecule has 0 saturated carbocycles. The van der Waals surface area contributed by atoms with E-state index >= 15 is 0 Å². The summed E-state index contributed by atoms with van der Waals surface area (Å²) in [6.07, 6.45) is 4.98. The zero-order chi connectivity index (χ0) is 11.6. The number of piperidine rings is 1. The molecule has 1 heterocycles. The van der Waals surface area contributed by atoms with E-state index in [4.69, 9.17) is 0 Å². The topological polar surface area (TPSA) is 15.3 Å². The Kier molecular flexibility index (Phi) is 7.29. The van der Waals surface area contributed by atoms with Gasteiger partial charge in [-0.2, -0.15) is 0 Å². The standard InChI is InChI=1S/C14H26N2/c1-3-5-6-12-16(11-4-2)13-14-7-9-15-10-8-14/h14-15H,4,6-13H2,1-2H3. The Morgan fingerprint density at radius 3 is 2.62 bits per heavy atom. The van der Waals surface area contributed by atoms with Crippen molar-refractivity contribution in [2.45, 2.75) is 39.5 Å². The first-order chi connectivity index (χ1) is 7.86. The van der Waals surface area contributed by atoms with Crippen molar-refractivity contribution in [3.05, 3.63) is 0 Å². The van der Waals surface area contributed by atoms with Gasteiger partial charge in [-0.05, 0) is 51.7 Å². The Hall–Kier alpha value is -0.520. The van der Waals surface area contributed by atoms with E-state index in [-0.39, 0.29) is 0 Å². The molecule has 0 aromatic carbocycles. The van der Waals surface area contributed by atoms with E-state index in [0.29, 0.717) is 0 Å². The molecule has 0 bridgehead atoms. The van der Waals surface area contributed by atoms with Gasteiger partial charge in [-0.3, -0.25) is 0 Å². The lowest BCUT2D eigenvalue weighted by atomic mass is 9.97. The summed E-state index contributed by atoms with van der Waals surface area (Å²) in [6.45, 7) is 10.3. The zero-order valence-electron chi connectivity index (χ0n) is 10.9. The van der Waals surface area contributed by atoms with E-state index in [0.717, 1.165) is 18.9 Å². The Morgan fingerprint density at radius 2 is 2.00 bits per heavy atom. The highest BCUT2D eigenvalue weighted by Gasteiger charge is 2.15. The summed E-state index contributed by atoms with van der Waals surface area (Å²) >= 11 is 0. The van der Waals surface area contributed by atoms with Crippen molar-refractivity contribution < 1.29 is 0 Å². The lowest BCUT2D eigenvalue weighted by molar-refractivity contribution is 0.209. The van der Waals surface area contributed by atoms with Gasteiger partial charge in [0.1, 0.15) is 0 Å². The van der Waals surface area contributed by atoms with Gasteiger partial charge in [-0.15, -0.1) is 11.8 Å². The minimum atomic E-state index is 0.905. The third-order valence-electron chi connectivity index (χ3n) is 3.24. The molecule has 92 valence electrons. The Labute approximate surface area is 101 Å². The lowest BCUT2D eigenvalue weighted by Gasteiger charge is -2.29. The predicted molar refractivity (Wildman–Crippen MR) is 70.4 cm³/mol. The van der Waals surface area contributed by atoms with Crippen molar-refractivity contribution in [2.75, 3.05) is 32.7 Å². The van der Waals surface area contributed by atoms with Crippen LogP contribution in [0.1, 0.15) is 39.5 Å². The van der Waals surface area contributed by atoms with Crippen molar-refractivity contribution in [1.82, 2.24) is 10.2 Å². The summed E-state index contributed by atoms with van der Waals surface area (Å²) in [7, 11) is 0. The van der Waals surface area contributed by atoms with Crippen molar-refractivity contribution in [2.24, 2.45) is 5.92 Å². The van der Waals surface area contributed by atoms with Gasteiger partial charge in [0.15, 0.2) is 0 Å². The van der Waals surface area contributed by atoms with Gasteiger partial charge in [0.2, 0.25) is 0 Å². The second-order valence-electron chi connectivity index (χ2n) is 4.67. The predicted octanol–water partition coefficient (Wildman–Crippen LogP) is 2.11. The van der Waals surface area contributed by atoms with Crippen LogP contribution >= 0.6 is 0 Å². The van der Waals surface area contributed by atoms with Crippen molar-refractivity contribution in [3.8, 4) is 11.8 Å². The minimum Gasteiger partial charge on any atom is -0.317 e. The van der Waals surface area contributed by atoms with E-state index in [1.165, 1.54) is 45.4 Å². The van der Waals surface area contributed by atoms with Gasteiger partial charge >= 0.3 is 0 Å². The Balaban J connectivity index is 2.26. The van der Waals surface area contributed by atoms with Crippen LogP contribution in [0, 0.1) is 17.8 Å². The van der Waals surface area contributed by atoms with Crippen LogP contribution in [0.25, 0.3) is 0 Å².